The highest BCUT2D eigenvalue weighted by Crippen LogP contribution is 2.21. The van der Waals surface area contributed by atoms with Crippen molar-refractivity contribution in [2.45, 2.75) is 46.5 Å². The van der Waals surface area contributed by atoms with Crippen LogP contribution in [0.3, 0.4) is 0 Å². The molecule has 120 valence electrons. The second-order valence-electron chi connectivity index (χ2n) is 7.26. The lowest BCUT2D eigenvalue weighted by molar-refractivity contribution is 0.357. The molecule has 0 saturated heterocycles. The SMILES string of the molecule is CN(C)c1ccc(Cc2nc(CCCC(C)(C)C)no2)cc1. The summed E-state index contributed by atoms with van der Waals surface area (Å²) in [4.78, 5) is 6.58. The van der Waals surface area contributed by atoms with Gasteiger partial charge in [0.05, 0.1) is 6.42 Å². The van der Waals surface area contributed by atoms with Crippen LogP contribution in [0.1, 0.15) is 50.9 Å². The highest BCUT2D eigenvalue weighted by Gasteiger charge is 2.12. The number of hydrogen-bond acceptors (Lipinski definition) is 4. The van der Waals surface area contributed by atoms with E-state index in [1.165, 1.54) is 17.7 Å². The summed E-state index contributed by atoms with van der Waals surface area (Å²) >= 11 is 0. The van der Waals surface area contributed by atoms with Gasteiger partial charge in [0.15, 0.2) is 5.82 Å². The predicted molar refractivity (Wildman–Crippen MR) is 90.3 cm³/mol. The number of aromatic nitrogens is 2. The Kier molecular flexibility index (Phi) is 5.22. The zero-order valence-electron chi connectivity index (χ0n) is 14.4. The number of aryl methyl sites for hydroxylation is 1. The molecule has 0 radical (unpaired) electrons. The minimum Gasteiger partial charge on any atom is -0.378 e. The third-order valence-corrected chi connectivity index (χ3v) is 3.65. The van der Waals surface area contributed by atoms with Crippen LogP contribution in [-0.4, -0.2) is 24.2 Å². The Labute approximate surface area is 133 Å². The molecule has 0 atom stereocenters. The van der Waals surface area contributed by atoms with Gasteiger partial charge in [0.1, 0.15) is 0 Å². The number of nitrogens with zero attached hydrogens (tertiary/aromatic N) is 3. The van der Waals surface area contributed by atoms with Crippen LogP contribution in [0, 0.1) is 5.41 Å². The first-order valence-electron chi connectivity index (χ1n) is 7.91. The molecule has 1 heterocycles. The van der Waals surface area contributed by atoms with E-state index in [1.54, 1.807) is 0 Å². The molecule has 2 aromatic rings. The molecule has 0 aliphatic rings. The summed E-state index contributed by atoms with van der Waals surface area (Å²) in [5.74, 6) is 1.52. The van der Waals surface area contributed by atoms with Crippen LogP contribution in [0.2, 0.25) is 0 Å². The molecule has 0 amide bonds. The molecule has 4 heteroatoms. The molecule has 2 rings (SSSR count). The van der Waals surface area contributed by atoms with Crippen LogP contribution in [0.4, 0.5) is 5.69 Å². The smallest absolute Gasteiger partial charge is 0.231 e. The summed E-state index contributed by atoms with van der Waals surface area (Å²) in [5, 5.41) is 4.08. The van der Waals surface area contributed by atoms with Crippen molar-refractivity contribution in [3.8, 4) is 0 Å². The van der Waals surface area contributed by atoms with Gasteiger partial charge in [-0.2, -0.15) is 4.98 Å². The average Bonchev–Trinajstić information content (AvgIpc) is 2.85. The first-order valence-corrected chi connectivity index (χ1v) is 7.91. The largest absolute Gasteiger partial charge is 0.378 e. The molecule has 22 heavy (non-hydrogen) atoms. The van der Waals surface area contributed by atoms with Crippen molar-refractivity contribution in [3.63, 3.8) is 0 Å². The fraction of sp³-hybridized carbons (Fsp3) is 0.556. The van der Waals surface area contributed by atoms with Crippen molar-refractivity contribution >= 4 is 5.69 Å². The number of rotatable bonds is 6. The van der Waals surface area contributed by atoms with Crippen LogP contribution < -0.4 is 4.90 Å². The molecule has 0 fully saturated rings. The molecule has 0 N–H and O–H groups in total. The van der Waals surface area contributed by atoms with Crippen molar-refractivity contribution in [1.82, 2.24) is 10.1 Å². The monoisotopic (exact) mass is 301 g/mol. The summed E-state index contributed by atoms with van der Waals surface area (Å²) in [6.07, 6.45) is 3.85. The maximum Gasteiger partial charge on any atom is 0.231 e. The highest BCUT2D eigenvalue weighted by molar-refractivity contribution is 5.46. The van der Waals surface area contributed by atoms with E-state index in [9.17, 15) is 0 Å². The zero-order chi connectivity index (χ0) is 16.2. The Morgan fingerprint density at radius 1 is 1.09 bits per heavy atom. The molecule has 0 unspecified atom stereocenters. The third-order valence-electron chi connectivity index (χ3n) is 3.65. The Morgan fingerprint density at radius 3 is 2.36 bits per heavy atom. The Bertz CT molecular complexity index is 579. The third kappa shape index (κ3) is 5.17. The minimum absolute atomic E-state index is 0.362. The number of hydrogen-bond donors (Lipinski definition) is 0. The van der Waals surface area contributed by atoms with Gasteiger partial charge in [0, 0.05) is 26.2 Å². The van der Waals surface area contributed by atoms with E-state index in [1.807, 2.05) is 14.1 Å². The standard InChI is InChI=1S/C18H27N3O/c1-18(2,3)12-6-7-16-19-17(22-20-16)13-14-8-10-15(11-9-14)21(4)5/h8-11H,6-7,12-13H2,1-5H3. The second-order valence-corrected chi connectivity index (χ2v) is 7.26. The van der Waals surface area contributed by atoms with E-state index < -0.39 is 0 Å². The van der Waals surface area contributed by atoms with E-state index in [0.29, 0.717) is 17.7 Å². The molecule has 1 aromatic carbocycles. The van der Waals surface area contributed by atoms with E-state index in [0.717, 1.165) is 18.7 Å². The van der Waals surface area contributed by atoms with Gasteiger partial charge in [0.2, 0.25) is 5.89 Å². The lowest BCUT2D eigenvalue weighted by atomic mass is 9.90. The Hall–Kier alpha value is -1.84. The summed E-state index contributed by atoms with van der Waals surface area (Å²) in [7, 11) is 4.08. The van der Waals surface area contributed by atoms with Gasteiger partial charge >= 0.3 is 0 Å². The van der Waals surface area contributed by atoms with Gasteiger partial charge in [-0.1, -0.05) is 38.1 Å². The van der Waals surface area contributed by atoms with Gasteiger partial charge in [-0.3, -0.25) is 0 Å². The second kappa shape index (κ2) is 6.95. The van der Waals surface area contributed by atoms with Crippen LogP contribution in [0.15, 0.2) is 28.8 Å². The average molecular weight is 301 g/mol. The minimum atomic E-state index is 0.362. The summed E-state index contributed by atoms with van der Waals surface area (Å²) < 4.78 is 5.36. The predicted octanol–water partition coefficient (Wildman–Crippen LogP) is 4.10. The molecule has 0 bridgehead atoms. The van der Waals surface area contributed by atoms with E-state index >= 15 is 0 Å². The quantitative estimate of drug-likeness (QED) is 0.805. The summed E-state index contributed by atoms with van der Waals surface area (Å²) in [6, 6.07) is 8.43. The molecule has 0 saturated carbocycles. The van der Waals surface area contributed by atoms with Crippen molar-refractivity contribution in [2.24, 2.45) is 5.41 Å². The number of benzene rings is 1. The molecule has 0 spiro atoms. The molecule has 4 nitrogen and oxygen atoms in total. The number of anilines is 1. The molecule has 0 aliphatic heterocycles. The molecule has 0 aliphatic carbocycles. The highest BCUT2D eigenvalue weighted by atomic mass is 16.5. The topological polar surface area (TPSA) is 42.2 Å². The fourth-order valence-corrected chi connectivity index (χ4v) is 2.33. The van der Waals surface area contributed by atoms with Crippen molar-refractivity contribution < 1.29 is 4.52 Å². The maximum absolute atomic E-state index is 5.36. The zero-order valence-corrected chi connectivity index (χ0v) is 14.4. The molecular formula is C18H27N3O. The van der Waals surface area contributed by atoms with E-state index in [2.05, 4.69) is 60.1 Å². The van der Waals surface area contributed by atoms with Gasteiger partial charge in [0.25, 0.3) is 0 Å². The molecular weight excluding hydrogens is 274 g/mol. The van der Waals surface area contributed by atoms with Crippen molar-refractivity contribution in [1.29, 1.82) is 0 Å². The van der Waals surface area contributed by atoms with Gasteiger partial charge in [-0.15, -0.1) is 0 Å². The first kappa shape index (κ1) is 16.5. The molecule has 1 aromatic heterocycles. The Morgan fingerprint density at radius 2 is 1.77 bits per heavy atom. The van der Waals surface area contributed by atoms with Crippen molar-refractivity contribution in [3.05, 3.63) is 41.5 Å². The van der Waals surface area contributed by atoms with Gasteiger partial charge in [-0.05, 0) is 36.0 Å². The van der Waals surface area contributed by atoms with Crippen LogP contribution in [0.5, 0.6) is 0 Å². The lowest BCUT2D eigenvalue weighted by Crippen LogP contribution is -2.08. The van der Waals surface area contributed by atoms with Gasteiger partial charge < -0.3 is 9.42 Å². The Balaban J connectivity index is 1.89. The van der Waals surface area contributed by atoms with E-state index in [4.69, 9.17) is 4.52 Å². The maximum atomic E-state index is 5.36. The normalized spacial score (nSPS) is 11.7. The first-order chi connectivity index (χ1) is 10.3. The summed E-state index contributed by atoms with van der Waals surface area (Å²) in [5.41, 5.74) is 2.74. The van der Waals surface area contributed by atoms with Crippen LogP contribution >= 0.6 is 0 Å². The fourth-order valence-electron chi connectivity index (χ4n) is 2.33. The van der Waals surface area contributed by atoms with Crippen LogP contribution in [-0.2, 0) is 12.8 Å². The summed E-state index contributed by atoms with van der Waals surface area (Å²) in [6.45, 7) is 6.77. The lowest BCUT2D eigenvalue weighted by Gasteiger charge is -2.16. The van der Waals surface area contributed by atoms with Crippen molar-refractivity contribution in [2.75, 3.05) is 19.0 Å². The van der Waals surface area contributed by atoms with Crippen LogP contribution in [0.25, 0.3) is 0 Å². The van der Waals surface area contributed by atoms with Gasteiger partial charge in [-0.25, -0.2) is 0 Å². The van der Waals surface area contributed by atoms with E-state index in [-0.39, 0.29) is 0 Å².